The molecule has 0 spiro atoms. The minimum Gasteiger partial charge on any atom is -0.507 e. The lowest BCUT2D eigenvalue weighted by Gasteiger charge is -2.06. The molecule has 2 rings (SSSR count). The van der Waals surface area contributed by atoms with Gasteiger partial charge in [-0.2, -0.15) is 5.10 Å². The van der Waals surface area contributed by atoms with Crippen molar-refractivity contribution in [3.05, 3.63) is 59.1 Å². The molecule has 118 valence electrons. The van der Waals surface area contributed by atoms with E-state index in [1.165, 1.54) is 12.3 Å². The summed E-state index contributed by atoms with van der Waals surface area (Å²) in [5.41, 5.74) is 3.10. The van der Waals surface area contributed by atoms with E-state index in [1.54, 1.807) is 42.5 Å². The van der Waals surface area contributed by atoms with Gasteiger partial charge in [-0.3, -0.25) is 9.59 Å². The van der Waals surface area contributed by atoms with Gasteiger partial charge in [0, 0.05) is 5.56 Å². The number of carbonyl (C=O) groups is 2. The van der Waals surface area contributed by atoms with Gasteiger partial charge in [-0.05, 0) is 24.3 Å². The van der Waals surface area contributed by atoms with Crippen molar-refractivity contribution in [2.75, 3.05) is 5.32 Å². The normalized spacial score (nSPS) is 10.5. The van der Waals surface area contributed by atoms with Crippen LogP contribution >= 0.6 is 11.6 Å². The molecule has 6 nitrogen and oxygen atoms in total. The fourth-order valence-electron chi connectivity index (χ4n) is 1.71. The third-order valence-electron chi connectivity index (χ3n) is 2.80. The summed E-state index contributed by atoms with van der Waals surface area (Å²) in [7, 11) is 0. The smallest absolute Gasteiger partial charge is 0.249 e. The molecule has 0 bridgehead atoms. The van der Waals surface area contributed by atoms with Crippen molar-refractivity contribution in [3.8, 4) is 5.75 Å². The summed E-state index contributed by atoms with van der Waals surface area (Å²) in [4.78, 5) is 23.4. The molecule has 2 aromatic rings. The number of carbonyl (C=O) groups excluding carboxylic acids is 2. The number of hydrogen-bond donors (Lipinski definition) is 3. The number of nitrogens with zero attached hydrogens (tertiary/aromatic N) is 1. The first-order chi connectivity index (χ1) is 11.1. The highest BCUT2D eigenvalue weighted by Crippen LogP contribution is 2.20. The van der Waals surface area contributed by atoms with Crippen LogP contribution in [0.15, 0.2) is 53.6 Å². The molecule has 0 saturated heterocycles. The first kappa shape index (κ1) is 16.5. The van der Waals surface area contributed by atoms with E-state index in [-0.39, 0.29) is 5.75 Å². The Labute approximate surface area is 137 Å². The van der Waals surface area contributed by atoms with Crippen LogP contribution in [-0.4, -0.2) is 23.1 Å². The Hall–Kier alpha value is -2.86. The Morgan fingerprint density at radius 3 is 2.52 bits per heavy atom. The second-order valence-corrected chi connectivity index (χ2v) is 4.96. The Morgan fingerprint density at radius 1 is 1.09 bits per heavy atom. The molecular weight excluding hydrogens is 318 g/mol. The molecule has 3 N–H and O–H groups in total. The molecule has 0 radical (unpaired) electrons. The fourth-order valence-corrected chi connectivity index (χ4v) is 1.90. The van der Waals surface area contributed by atoms with Crippen molar-refractivity contribution in [1.29, 1.82) is 0 Å². The van der Waals surface area contributed by atoms with Gasteiger partial charge in [-0.25, -0.2) is 5.43 Å². The number of benzene rings is 2. The predicted octanol–water partition coefficient (Wildman–Crippen LogP) is 2.52. The summed E-state index contributed by atoms with van der Waals surface area (Å²) in [6.45, 7) is 0. The number of anilines is 1. The summed E-state index contributed by atoms with van der Waals surface area (Å²) in [6, 6.07) is 13.2. The highest BCUT2D eigenvalue weighted by molar-refractivity contribution is 6.33. The van der Waals surface area contributed by atoms with Gasteiger partial charge in [-0.1, -0.05) is 35.9 Å². The van der Waals surface area contributed by atoms with Crippen molar-refractivity contribution < 1.29 is 14.7 Å². The number of hydrazone groups is 1. The first-order valence-corrected chi connectivity index (χ1v) is 7.08. The molecule has 2 aromatic carbocycles. The molecule has 7 heteroatoms. The Kier molecular flexibility index (Phi) is 5.71. The number of amides is 2. The molecule has 2 amide bonds. The highest BCUT2D eigenvalue weighted by Gasteiger charge is 2.10. The largest absolute Gasteiger partial charge is 0.507 e. The average Bonchev–Trinajstić information content (AvgIpc) is 2.51. The molecule has 23 heavy (non-hydrogen) atoms. The van der Waals surface area contributed by atoms with E-state index in [4.69, 9.17) is 11.6 Å². The molecule has 0 aliphatic carbocycles. The van der Waals surface area contributed by atoms with Gasteiger partial charge in [0.2, 0.25) is 11.8 Å². The topological polar surface area (TPSA) is 90.8 Å². The van der Waals surface area contributed by atoms with Crippen LogP contribution in [0.1, 0.15) is 12.0 Å². The van der Waals surface area contributed by atoms with E-state index in [0.29, 0.717) is 16.3 Å². The zero-order valence-electron chi connectivity index (χ0n) is 12.0. The van der Waals surface area contributed by atoms with Crippen molar-refractivity contribution in [2.45, 2.75) is 6.42 Å². The van der Waals surface area contributed by atoms with Gasteiger partial charge in [0.1, 0.15) is 12.2 Å². The maximum atomic E-state index is 11.7. The minimum absolute atomic E-state index is 0.0435. The number of nitrogens with one attached hydrogen (secondary N) is 2. The van der Waals surface area contributed by atoms with Crippen LogP contribution in [0.2, 0.25) is 5.02 Å². The molecular formula is C16H14ClN3O3. The minimum atomic E-state index is -0.582. The molecule has 0 aliphatic rings. The maximum absolute atomic E-state index is 11.7. The van der Waals surface area contributed by atoms with E-state index in [0.717, 1.165) is 0 Å². The van der Waals surface area contributed by atoms with E-state index >= 15 is 0 Å². The number of phenols is 1. The lowest BCUT2D eigenvalue weighted by Crippen LogP contribution is -2.24. The molecule has 0 heterocycles. The lowest BCUT2D eigenvalue weighted by atomic mass is 10.2. The standard InChI is InChI=1S/C16H14ClN3O3/c17-12-6-2-3-7-13(12)19-15(22)9-16(23)20-18-10-11-5-1-4-8-14(11)21/h1-8,10,21H,9H2,(H,19,22)(H,20,23)/b18-10+. The van der Waals surface area contributed by atoms with Crippen LogP contribution in [0, 0.1) is 0 Å². The zero-order chi connectivity index (χ0) is 16.7. The van der Waals surface area contributed by atoms with Gasteiger partial charge in [0.15, 0.2) is 0 Å². The summed E-state index contributed by atoms with van der Waals surface area (Å²) >= 11 is 5.91. The van der Waals surface area contributed by atoms with Gasteiger partial charge in [0.05, 0.1) is 16.9 Å². The number of halogens is 1. The summed E-state index contributed by atoms with van der Waals surface area (Å²) in [6.07, 6.45) is 0.891. The summed E-state index contributed by atoms with van der Waals surface area (Å²) < 4.78 is 0. The second kappa shape index (κ2) is 7.95. The molecule has 0 aromatic heterocycles. The van der Waals surface area contributed by atoms with Gasteiger partial charge in [0.25, 0.3) is 0 Å². The summed E-state index contributed by atoms with van der Waals surface area (Å²) in [5, 5.41) is 16.1. The quantitative estimate of drug-likeness (QED) is 0.446. The lowest BCUT2D eigenvalue weighted by molar-refractivity contribution is -0.126. The fraction of sp³-hybridized carbons (Fsp3) is 0.0625. The van der Waals surface area contributed by atoms with Crippen LogP contribution in [0.5, 0.6) is 5.75 Å². The van der Waals surface area contributed by atoms with E-state index in [1.807, 2.05) is 0 Å². The predicted molar refractivity (Wildman–Crippen MR) is 88.5 cm³/mol. The SMILES string of the molecule is O=C(CC(=O)Nc1ccccc1Cl)N/N=C/c1ccccc1O. The van der Waals surface area contributed by atoms with Crippen LogP contribution in [-0.2, 0) is 9.59 Å². The summed E-state index contributed by atoms with van der Waals surface area (Å²) in [5.74, 6) is -1.04. The molecule has 0 unspecified atom stereocenters. The first-order valence-electron chi connectivity index (χ1n) is 6.70. The monoisotopic (exact) mass is 331 g/mol. The molecule has 0 saturated carbocycles. The zero-order valence-corrected chi connectivity index (χ0v) is 12.7. The van der Waals surface area contributed by atoms with Crippen LogP contribution in [0.25, 0.3) is 0 Å². The van der Waals surface area contributed by atoms with Crippen molar-refractivity contribution in [2.24, 2.45) is 5.10 Å². The second-order valence-electron chi connectivity index (χ2n) is 4.56. The van der Waals surface area contributed by atoms with Crippen molar-refractivity contribution >= 4 is 35.3 Å². The Morgan fingerprint density at radius 2 is 1.78 bits per heavy atom. The third kappa shape index (κ3) is 5.12. The molecule has 0 atom stereocenters. The number of hydrogen-bond acceptors (Lipinski definition) is 4. The number of aromatic hydroxyl groups is 1. The Balaban J connectivity index is 1.84. The van der Waals surface area contributed by atoms with Gasteiger partial charge >= 0.3 is 0 Å². The van der Waals surface area contributed by atoms with E-state index < -0.39 is 18.2 Å². The number of phenolic OH excluding ortho intramolecular Hbond substituents is 1. The third-order valence-corrected chi connectivity index (χ3v) is 3.13. The average molecular weight is 332 g/mol. The highest BCUT2D eigenvalue weighted by atomic mass is 35.5. The number of rotatable bonds is 5. The van der Waals surface area contributed by atoms with Crippen molar-refractivity contribution in [1.82, 2.24) is 5.43 Å². The maximum Gasteiger partial charge on any atom is 0.249 e. The van der Waals surface area contributed by atoms with Crippen LogP contribution in [0.3, 0.4) is 0 Å². The van der Waals surface area contributed by atoms with E-state index in [2.05, 4.69) is 15.8 Å². The van der Waals surface area contributed by atoms with Crippen molar-refractivity contribution in [3.63, 3.8) is 0 Å². The van der Waals surface area contributed by atoms with Gasteiger partial charge in [-0.15, -0.1) is 0 Å². The Bertz CT molecular complexity index is 747. The number of para-hydroxylation sites is 2. The molecule has 0 aliphatic heterocycles. The van der Waals surface area contributed by atoms with Crippen LogP contribution in [0.4, 0.5) is 5.69 Å². The van der Waals surface area contributed by atoms with Gasteiger partial charge < -0.3 is 10.4 Å². The van der Waals surface area contributed by atoms with E-state index in [9.17, 15) is 14.7 Å². The van der Waals surface area contributed by atoms with Crippen LogP contribution < -0.4 is 10.7 Å². The molecule has 0 fully saturated rings.